The molecule has 0 radical (unpaired) electrons. The van der Waals surface area contributed by atoms with Crippen LogP contribution in [0.4, 0.5) is 0 Å². The van der Waals surface area contributed by atoms with Crippen LogP contribution < -0.4 is 0 Å². The Morgan fingerprint density at radius 1 is 1.29 bits per heavy atom. The van der Waals surface area contributed by atoms with Crippen LogP contribution in [0.2, 0.25) is 0 Å². The van der Waals surface area contributed by atoms with Crippen molar-refractivity contribution in [3.05, 3.63) is 11.6 Å². The van der Waals surface area contributed by atoms with Crippen LogP contribution in [0.1, 0.15) is 0 Å². The molecule has 2 nitrogen and oxygen atoms in total. The van der Waals surface area contributed by atoms with Crippen molar-refractivity contribution in [2.45, 2.75) is 0 Å². The van der Waals surface area contributed by atoms with Gasteiger partial charge in [-0.15, -0.1) is 29.9 Å². The minimum absolute atomic E-state index is 0. The first-order valence-electron chi connectivity index (χ1n) is 1.21. The van der Waals surface area contributed by atoms with Gasteiger partial charge in [-0.05, 0) is 11.5 Å². The number of hydrogen-bond donors (Lipinski definition) is 0. The number of halogens is 2. The molecule has 1 aromatic heterocycles. The highest BCUT2D eigenvalue weighted by atomic mass is 35.5. The normalized spacial score (nSPS) is 5.71. The summed E-state index contributed by atoms with van der Waals surface area (Å²) >= 11 is 1.35. The van der Waals surface area contributed by atoms with Crippen molar-refractivity contribution < 1.29 is 0 Å². The Labute approximate surface area is 57.9 Å². The molecule has 0 aliphatic carbocycles. The van der Waals surface area contributed by atoms with Gasteiger partial charge in [0, 0.05) is 5.38 Å². The first-order chi connectivity index (χ1) is 2.50. The molecule has 0 aliphatic rings. The van der Waals surface area contributed by atoms with Crippen molar-refractivity contribution in [2.24, 2.45) is 0 Å². The lowest BCUT2D eigenvalue weighted by molar-refractivity contribution is 1.16. The highest BCUT2D eigenvalue weighted by Gasteiger charge is 1.61. The van der Waals surface area contributed by atoms with Gasteiger partial charge in [0.1, 0.15) is 0 Å². The Bertz CT molecular complexity index is 70.2. The van der Waals surface area contributed by atoms with Crippen molar-refractivity contribution in [1.82, 2.24) is 9.59 Å². The van der Waals surface area contributed by atoms with E-state index in [2.05, 4.69) is 9.59 Å². The van der Waals surface area contributed by atoms with Crippen molar-refractivity contribution in [1.29, 1.82) is 0 Å². The maximum Gasteiger partial charge on any atom is 0.0620 e. The first kappa shape index (κ1) is 10.2. The summed E-state index contributed by atoms with van der Waals surface area (Å²) in [6, 6.07) is 0. The summed E-state index contributed by atoms with van der Waals surface area (Å²) in [7, 11) is 0. The van der Waals surface area contributed by atoms with Gasteiger partial charge in [-0.2, -0.15) is 0 Å². The molecule has 5 heteroatoms. The van der Waals surface area contributed by atoms with Gasteiger partial charge in [-0.1, -0.05) is 4.49 Å². The monoisotopic (exact) mass is 158 g/mol. The summed E-state index contributed by atoms with van der Waals surface area (Å²) in [5.74, 6) is 0. The van der Waals surface area contributed by atoms with Crippen molar-refractivity contribution in [3.63, 3.8) is 0 Å². The fourth-order valence-electron chi connectivity index (χ4n) is 0.136. The van der Waals surface area contributed by atoms with E-state index in [0.29, 0.717) is 0 Å². The second kappa shape index (κ2) is 6.14. The number of aromatic nitrogens is 2. The van der Waals surface area contributed by atoms with Gasteiger partial charge in [0.2, 0.25) is 0 Å². The summed E-state index contributed by atoms with van der Waals surface area (Å²) < 4.78 is 3.51. The lowest BCUT2D eigenvalue weighted by atomic mass is 11.1. The predicted molar refractivity (Wildman–Crippen MR) is 34.4 cm³/mol. The smallest absolute Gasteiger partial charge is 0.0620 e. The molecule has 0 aliphatic heterocycles. The van der Waals surface area contributed by atoms with Crippen LogP contribution in [0.3, 0.4) is 0 Å². The van der Waals surface area contributed by atoms with E-state index in [1.54, 1.807) is 6.20 Å². The lowest BCUT2D eigenvalue weighted by Crippen LogP contribution is -1.51. The van der Waals surface area contributed by atoms with Gasteiger partial charge in [-0.3, -0.25) is 0 Å². The quantitative estimate of drug-likeness (QED) is 0.571. The third-order valence-electron chi connectivity index (χ3n) is 0.283. The van der Waals surface area contributed by atoms with E-state index in [1.165, 1.54) is 11.5 Å². The molecule has 1 heterocycles. The maximum absolute atomic E-state index is 3.51. The Morgan fingerprint density at radius 2 is 2.00 bits per heavy atom. The molecule has 0 N–H and O–H groups in total. The maximum atomic E-state index is 3.51. The van der Waals surface area contributed by atoms with E-state index >= 15 is 0 Å². The number of nitrogens with zero attached hydrogens (tertiary/aromatic N) is 2. The molecule has 0 spiro atoms. The molecule has 0 unspecified atom stereocenters. The Balaban J connectivity index is 0. The van der Waals surface area contributed by atoms with E-state index in [9.17, 15) is 0 Å². The van der Waals surface area contributed by atoms with Crippen molar-refractivity contribution in [3.8, 4) is 0 Å². The zero-order valence-electron chi connectivity index (χ0n) is 3.27. The molecule has 42 valence electrons. The third kappa shape index (κ3) is 3.98. The molecule has 0 amide bonds. The largest absolute Gasteiger partial charge is 0.147 e. The lowest BCUT2D eigenvalue weighted by Gasteiger charge is -1.40. The second-order valence-electron chi connectivity index (χ2n) is 0.588. The van der Waals surface area contributed by atoms with Crippen LogP contribution in [0.25, 0.3) is 0 Å². The van der Waals surface area contributed by atoms with Crippen LogP contribution in [-0.4, -0.2) is 9.59 Å². The standard InChI is InChI=1S/C2H2N2S.2ClH/c1-2-5-4-3-1;;/h1-2H;2*1H. The summed E-state index contributed by atoms with van der Waals surface area (Å²) in [5, 5.41) is 5.31. The van der Waals surface area contributed by atoms with Crippen LogP contribution >= 0.6 is 36.3 Å². The van der Waals surface area contributed by atoms with Gasteiger partial charge in [-0.25, -0.2) is 0 Å². The molecule has 0 fully saturated rings. The number of hydrogen-bond acceptors (Lipinski definition) is 3. The molecular formula is C2H4Cl2N2S. The third-order valence-corrected chi connectivity index (χ3v) is 0.715. The van der Waals surface area contributed by atoms with Crippen LogP contribution in [-0.2, 0) is 0 Å². The summed E-state index contributed by atoms with van der Waals surface area (Å²) in [5.41, 5.74) is 0. The number of rotatable bonds is 0. The molecule has 0 atom stereocenters. The van der Waals surface area contributed by atoms with Gasteiger partial charge >= 0.3 is 0 Å². The van der Waals surface area contributed by atoms with Gasteiger partial charge < -0.3 is 0 Å². The molecule has 0 saturated carbocycles. The summed E-state index contributed by atoms with van der Waals surface area (Å²) in [6.45, 7) is 0. The zero-order valence-corrected chi connectivity index (χ0v) is 5.72. The SMILES string of the molecule is Cl.Cl.c1csnn1. The predicted octanol–water partition coefficient (Wildman–Crippen LogP) is 1.38. The fourth-order valence-corrected chi connectivity index (χ4v) is 0.408. The van der Waals surface area contributed by atoms with Crippen molar-refractivity contribution in [2.75, 3.05) is 0 Å². The van der Waals surface area contributed by atoms with E-state index in [1.807, 2.05) is 5.38 Å². The zero-order chi connectivity index (χ0) is 3.54. The van der Waals surface area contributed by atoms with E-state index in [0.717, 1.165) is 0 Å². The second-order valence-corrected chi connectivity index (χ2v) is 1.23. The summed E-state index contributed by atoms with van der Waals surface area (Å²) in [6.07, 6.45) is 1.66. The van der Waals surface area contributed by atoms with Crippen LogP contribution in [0.5, 0.6) is 0 Å². The van der Waals surface area contributed by atoms with Crippen LogP contribution in [0.15, 0.2) is 11.6 Å². The highest BCUT2D eigenvalue weighted by molar-refractivity contribution is 7.03. The van der Waals surface area contributed by atoms with E-state index < -0.39 is 0 Å². The topological polar surface area (TPSA) is 25.8 Å². The minimum Gasteiger partial charge on any atom is -0.147 e. The molecule has 1 rings (SSSR count). The average molecular weight is 159 g/mol. The van der Waals surface area contributed by atoms with E-state index in [4.69, 9.17) is 0 Å². The Hall–Kier alpha value is 0.140. The molecule has 0 bridgehead atoms. The minimum atomic E-state index is 0. The highest BCUT2D eigenvalue weighted by Crippen LogP contribution is 1.78. The van der Waals surface area contributed by atoms with Crippen LogP contribution in [0, 0.1) is 0 Å². The van der Waals surface area contributed by atoms with Crippen molar-refractivity contribution >= 4 is 36.3 Å². The molecule has 0 aromatic carbocycles. The molecule has 0 saturated heterocycles. The molecule has 7 heavy (non-hydrogen) atoms. The van der Waals surface area contributed by atoms with E-state index in [-0.39, 0.29) is 24.8 Å². The van der Waals surface area contributed by atoms with Gasteiger partial charge in [0.25, 0.3) is 0 Å². The fraction of sp³-hybridized carbons (Fsp3) is 0. The molecule has 1 aromatic rings. The Morgan fingerprint density at radius 3 is 2.14 bits per heavy atom. The average Bonchev–Trinajstić information content (AvgIpc) is 1.76. The van der Waals surface area contributed by atoms with Gasteiger partial charge in [0.15, 0.2) is 0 Å². The molecular weight excluding hydrogens is 155 g/mol. The first-order valence-corrected chi connectivity index (χ1v) is 2.05. The summed E-state index contributed by atoms with van der Waals surface area (Å²) in [4.78, 5) is 0. The van der Waals surface area contributed by atoms with Gasteiger partial charge in [0.05, 0.1) is 6.20 Å². The Kier molecular flexibility index (Phi) is 8.94.